The fraction of sp³-hybridized carbons (Fsp3) is 0.571. The molecule has 1 fully saturated rings. The Bertz CT molecular complexity index is 503. The second-order valence-corrected chi connectivity index (χ2v) is 5.83. The molecule has 3 rings (SSSR count). The van der Waals surface area contributed by atoms with Gasteiger partial charge in [0.1, 0.15) is 5.82 Å². The van der Waals surface area contributed by atoms with Crippen LogP contribution < -0.4 is 0 Å². The van der Waals surface area contributed by atoms with Gasteiger partial charge in [-0.2, -0.15) is 0 Å². The van der Waals surface area contributed by atoms with E-state index in [1.54, 1.807) is 0 Å². The van der Waals surface area contributed by atoms with Crippen LogP contribution in [0.5, 0.6) is 0 Å². The van der Waals surface area contributed by atoms with E-state index in [9.17, 15) is 0 Å². The molecule has 0 spiro atoms. The van der Waals surface area contributed by atoms with Gasteiger partial charge in [-0.05, 0) is 43.9 Å². The maximum absolute atomic E-state index is 4.52. The van der Waals surface area contributed by atoms with Crippen molar-refractivity contribution >= 4 is 11.5 Å². The highest BCUT2D eigenvalue weighted by atomic mass is 32.1. The molecular weight excluding hydrogens is 256 g/mol. The van der Waals surface area contributed by atoms with E-state index < -0.39 is 0 Å². The minimum atomic E-state index is 0.553. The molecule has 0 saturated carbocycles. The number of rotatable bonds is 4. The number of hydrogen-bond donors (Lipinski definition) is 0. The summed E-state index contributed by atoms with van der Waals surface area (Å²) in [6.45, 7) is 5.85. The summed E-state index contributed by atoms with van der Waals surface area (Å²) in [6, 6.07) is 0.553. The lowest BCUT2D eigenvalue weighted by Crippen LogP contribution is -2.37. The zero-order valence-corrected chi connectivity index (χ0v) is 12.1. The van der Waals surface area contributed by atoms with Gasteiger partial charge in [0.2, 0.25) is 0 Å². The lowest BCUT2D eigenvalue weighted by Gasteiger charge is -2.33. The van der Waals surface area contributed by atoms with Gasteiger partial charge < -0.3 is 9.47 Å². The lowest BCUT2D eigenvalue weighted by atomic mass is 10.0. The van der Waals surface area contributed by atoms with Gasteiger partial charge in [0.05, 0.1) is 6.20 Å². The molecule has 1 aliphatic heterocycles. The first-order chi connectivity index (χ1) is 9.38. The Kier molecular flexibility index (Phi) is 3.94. The van der Waals surface area contributed by atoms with Crippen molar-refractivity contribution in [3.8, 4) is 11.4 Å². The Morgan fingerprint density at radius 1 is 1.47 bits per heavy atom. The van der Waals surface area contributed by atoms with Crippen molar-refractivity contribution in [1.82, 2.24) is 18.8 Å². The first kappa shape index (κ1) is 12.8. The van der Waals surface area contributed by atoms with E-state index in [2.05, 4.69) is 37.3 Å². The number of imidazole rings is 1. The molecule has 2 aromatic heterocycles. The normalized spacial score (nSPS) is 20.8. The van der Waals surface area contributed by atoms with Gasteiger partial charge in [-0.15, -0.1) is 0 Å². The van der Waals surface area contributed by atoms with Crippen LogP contribution in [0.3, 0.4) is 0 Å². The summed E-state index contributed by atoms with van der Waals surface area (Å²) in [5.41, 5.74) is 1.14. The molecule has 1 aliphatic rings. The molecule has 0 amide bonds. The van der Waals surface area contributed by atoms with Crippen molar-refractivity contribution in [1.29, 1.82) is 0 Å². The fourth-order valence-corrected chi connectivity index (χ4v) is 3.44. The van der Waals surface area contributed by atoms with Gasteiger partial charge >= 0.3 is 0 Å². The van der Waals surface area contributed by atoms with E-state index in [1.807, 2.05) is 12.4 Å². The summed E-state index contributed by atoms with van der Waals surface area (Å²) < 4.78 is 6.53. The van der Waals surface area contributed by atoms with Gasteiger partial charge in [0, 0.05) is 35.9 Å². The molecule has 4 nitrogen and oxygen atoms in total. The first-order valence-corrected chi connectivity index (χ1v) is 7.87. The summed E-state index contributed by atoms with van der Waals surface area (Å²) in [6.07, 6.45) is 9.71. The third-order valence-electron chi connectivity index (χ3n) is 3.77. The third kappa shape index (κ3) is 2.72. The van der Waals surface area contributed by atoms with E-state index in [0.717, 1.165) is 17.9 Å². The Hall–Kier alpha value is -1.20. The molecule has 0 aromatic carbocycles. The molecular formula is C14H20N4S. The monoisotopic (exact) mass is 276 g/mol. The van der Waals surface area contributed by atoms with Gasteiger partial charge in [0.25, 0.3) is 0 Å². The van der Waals surface area contributed by atoms with Crippen LogP contribution in [0.1, 0.15) is 32.2 Å². The molecule has 3 heterocycles. The van der Waals surface area contributed by atoms with Crippen molar-refractivity contribution in [3.05, 3.63) is 24.0 Å². The van der Waals surface area contributed by atoms with Crippen LogP contribution >= 0.6 is 11.5 Å². The van der Waals surface area contributed by atoms with Crippen LogP contribution in [0.4, 0.5) is 0 Å². The highest BCUT2D eigenvalue weighted by molar-refractivity contribution is 7.03. The van der Waals surface area contributed by atoms with Gasteiger partial charge in [-0.1, -0.05) is 6.92 Å². The Morgan fingerprint density at radius 2 is 2.42 bits per heavy atom. The second-order valence-electron chi connectivity index (χ2n) is 5.17. The quantitative estimate of drug-likeness (QED) is 0.860. The fourth-order valence-electron chi connectivity index (χ4n) is 2.92. The molecule has 0 N–H and O–H groups in total. The molecule has 0 radical (unpaired) electrons. The van der Waals surface area contributed by atoms with E-state index in [-0.39, 0.29) is 0 Å². The number of piperidine rings is 1. The number of nitrogens with zero attached hydrogens (tertiary/aromatic N) is 4. The summed E-state index contributed by atoms with van der Waals surface area (Å²) in [5.74, 6) is 1.07. The number of aromatic nitrogens is 3. The van der Waals surface area contributed by atoms with Crippen LogP contribution in [0.2, 0.25) is 0 Å². The predicted octanol–water partition coefficient (Wildman–Crippen LogP) is 3.05. The molecule has 1 saturated heterocycles. The average Bonchev–Trinajstić information content (AvgIpc) is 3.10. The van der Waals surface area contributed by atoms with Crippen molar-refractivity contribution in [2.75, 3.05) is 19.6 Å². The average molecular weight is 276 g/mol. The zero-order chi connectivity index (χ0) is 13.1. The molecule has 102 valence electrons. The van der Waals surface area contributed by atoms with Crippen LogP contribution in [-0.4, -0.2) is 38.5 Å². The Balaban J connectivity index is 1.81. The maximum atomic E-state index is 4.52. The molecule has 2 aromatic rings. The van der Waals surface area contributed by atoms with Crippen molar-refractivity contribution < 1.29 is 0 Å². The number of hydrogen-bond acceptors (Lipinski definition) is 4. The molecule has 19 heavy (non-hydrogen) atoms. The van der Waals surface area contributed by atoms with Gasteiger partial charge in [-0.25, -0.2) is 9.36 Å². The lowest BCUT2D eigenvalue weighted by molar-refractivity contribution is 0.178. The predicted molar refractivity (Wildman–Crippen MR) is 78.3 cm³/mol. The highest BCUT2D eigenvalue weighted by Crippen LogP contribution is 2.27. The SMILES string of the molecule is CCCN1CCCC(n2ccnc2-c2cnsc2)C1. The van der Waals surface area contributed by atoms with E-state index >= 15 is 0 Å². The molecule has 0 bridgehead atoms. The molecule has 5 heteroatoms. The summed E-state index contributed by atoms with van der Waals surface area (Å²) in [4.78, 5) is 7.09. The summed E-state index contributed by atoms with van der Waals surface area (Å²) in [7, 11) is 0. The van der Waals surface area contributed by atoms with Crippen LogP contribution in [0, 0.1) is 0 Å². The Morgan fingerprint density at radius 3 is 3.21 bits per heavy atom. The van der Waals surface area contributed by atoms with Gasteiger partial charge in [-0.3, -0.25) is 0 Å². The van der Waals surface area contributed by atoms with E-state index in [1.165, 1.54) is 43.9 Å². The standard InChI is InChI=1S/C14H20N4S/c1-2-6-17-7-3-4-13(10-17)18-8-5-15-14(18)12-9-16-19-11-12/h5,8-9,11,13H,2-4,6-7,10H2,1H3. The zero-order valence-electron chi connectivity index (χ0n) is 11.3. The summed E-state index contributed by atoms with van der Waals surface area (Å²) in [5, 5.41) is 2.07. The largest absolute Gasteiger partial charge is 0.327 e. The minimum absolute atomic E-state index is 0.553. The van der Waals surface area contributed by atoms with Crippen molar-refractivity contribution in [3.63, 3.8) is 0 Å². The molecule has 0 aliphatic carbocycles. The molecule has 1 atom stereocenters. The smallest absolute Gasteiger partial charge is 0.142 e. The van der Waals surface area contributed by atoms with Crippen molar-refractivity contribution in [2.45, 2.75) is 32.2 Å². The van der Waals surface area contributed by atoms with Crippen molar-refractivity contribution in [2.24, 2.45) is 0 Å². The second kappa shape index (κ2) is 5.84. The highest BCUT2D eigenvalue weighted by Gasteiger charge is 2.22. The summed E-state index contributed by atoms with van der Waals surface area (Å²) >= 11 is 1.49. The van der Waals surface area contributed by atoms with Gasteiger partial charge in [0.15, 0.2) is 0 Å². The van der Waals surface area contributed by atoms with Crippen LogP contribution in [0.15, 0.2) is 24.0 Å². The topological polar surface area (TPSA) is 34.0 Å². The van der Waals surface area contributed by atoms with Crippen LogP contribution in [0.25, 0.3) is 11.4 Å². The maximum Gasteiger partial charge on any atom is 0.142 e. The van der Waals surface area contributed by atoms with Crippen LogP contribution in [-0.2, 0) is 0 Å². The van der Waals surface area contributed by atoms with E-state index in [4.69, 9.17) is 0 Å². The minimum Gasteiger partial charge on any atom is -0.327 e. The number of likely N-dealkylation sites (tertiary alicyclic amines) is 1. The first-order valence-electron chi connectivity index (χ1n) is 7.03. The third-order valence-corrected chi connectivity index (χ3v) is 4.36. The van der Waals surface area contributed by atoms with E-state index in [0.29, 0.717) is 6.04 Å². The Labute approximate surface area is 118 Å². The molecule has 1 unspecified atom stereocenters.